The fraction of sp³-hybridized carbons (Fsp3) is 0.625. The van der Waals surface area contributed by atoms with E-state index in [4.69, 9.17) is 10.5 Å². The Labute approximate surface area is 109 Å². The fourth-order valence-corrected chi connectivity index (χ4v) is 3.64. The Kier molecular flexibility index (Phi) is 2.41. The Balaban J connectivity index is 1.67. The summed E-state index contributed by atoms with van der Waals surface area (Å²) in [6.07, 6.45) is 6.62. The van der Waals surface area contributed by atoms with Gasteiger partial charge >= 0.3 is 0 Å². The molecule has 1 aromatic carbocycles. The maximum absolute atomic E-state index is 6.61. The van der Waals surface area contributed by atoms with Gasteiger partial charge in [0.25, 0.3) is 0 Å². The molecular formula is C16H21NO. The number of ether oxygens (including phenoxy) is 1. The molecule has 0 spiro atoms. The normalized spacial score (nSPS) is 23.9. The van der Waals surface area contributed by atoms with Crippen molar-refractivity contribution < 1.29 is 4.74 Å². The molecule has 1 unspecified atom stereocenters. The molecule has 0 bridgehead atoms. The number of hydrogen-bond acceptors (Lipinski definition) is 2. The Bertz CT molecular complexity index is 450. The summed E-state index contributed by atoms with van der Waals surface area (Å²) >= 11 is 0. The number of benzene rings is 1. The quantitative estimate of drug-likeness (QED) is 0.882. The highest BCUT2D eigenvalue weighted by molar-refractivity contribution is 5.46. The fourth-order valence-electron chi connectivity index (χ4n) is 3.64. The molecule has 1 heterocycles. The van der Waals surface area contributed by atoms with Gasteiger partial charge in [0.05, 0.1) is 6.61 Å². The minimum absolute atomic E-state index is 0.193. The molecule has 0 aromatic heterocycles. The van der Waals surface area contributed by atoms with Crippen LogP contribution in [0.25, 0.3) is 0 Å². The number of fused-ring (bicyclic) bond motifs is 1. The third kappa shape index (κ3) is 1.74. The molecule has 96 valence electrons. The molecular weight excluding hydrogens is 222 g/mol. The molecule has 1 atom stereocenters. The van der Waals surface area contributed by atoms with Gasteiger partial charge in [-0.05, 0) is 49.0 Å². The molecule has 18 heavy (non-hydrogen) atoms. The van der Waals surface area contributed by atoms with Crippen LogP contribution in [0, 0.1) is 17.8 Å². The van der Waals surface area contributed by atoms with E-state index in [9.17, 15) is 0 Å². The number of para-hydroxylation sites is 1. The zero-order chi connectivity index (χ0) is 12.1. The lowest BCUT2D eigenvalue weighted by atomic mass is 9.85. The lowest BCUT2D eigenvalue weighted by molar-refractivity contribution is 0.314. The van der Waals surface area contributed by atoms with Gasteiger partial charge in [-0.3, -0.25) is 0 Å². The van der Waals surface area contributed by atoms with Gasteiger partial charge in [0.15, 0.2) is 0 Å². The third-order valence-corrected chi connectivity index (χ3v) is 4.85. The molecule has 0 saturated heterocycles. The molecule has 1 aromatic rings. The van der Waals surface area contributed by atoms with Crippen LogP contribution in [-0.2, 0) is 6.42 Å². The van der Waals surface area contributed by atoms with Crippen LogP contribution >= 0.6 is 0 Å². The zero-order valence-electron chi connectivity index (χ0n) is 10.8. The molecule has 2 aliphatic carbocycles. The van der Waals surface area contributed by atoms with Crippen LogP contribution in [0.1, 0.15) is 42.9 Å². The summed E-state index contributed by atoms with van der Waals surface area (Å²) in [6.45, 7) is 0.830. The molecule has 0 amide bonds. The summed E-state index contributed by atoms with van der Waals surface area (Å²) in [5.41, 5.74) is 9.24. The number of rotatable bonds is 4. The first-order valence-electron chi connectivity index (χ1n) is 7.35. The highest BCUT2D eigenvalue weighted by Crippen LogP contribution is 2.54. The minimum Gasteiger partial charge on any atom is -0.493 e. The van der Waals surface area contributed by atoms with E-state index < -0.39 is 0 Å². The van der Waals surface area contributed by atoms with Crippen LogP contribution in [0.4, 0.5) is 0 Å². The average molecular weight is 243 g/mol. The van der Waals surface area contributed by atoms with Crippen LogP contribution in [-0.4, -0.2) is 6.61 Å². The van der Waals surface area contributed by atoms with E-state index in [0.29, 0.717) is 5.92 Å². The highest BCUT2D eigenvalue weighted by Gasteiger charge is 2.45. The average Bonchev–Trinajstić information content (AvgIpc) is 3.30. The maximum Gasteiger partial charge on any atom is 0.127 e. The van der Waals surface area contributed by atoms with Gasteiger partial charge < -0.3 is 10.5 Å². The molecule has 2 nitrogen and oxygen atoms in total. The van der Waals surface area contributed by atoms with Gasteiger partial charge in [0.2, 0.25) is 0 Å². The van der Waals surface area contributed by atoms with Gasteiger partial charge in [-0.2, -0.15) is 0 Å². The van der Waals surface area contributed by atoms with Gasteiger partial charge in [0.1, 0.15) is 5.75 Å². The number of hydrogen-bond donors (Lipinski definition) is 1. The van der Waals surface area contributed by atoms with Gasteiger partial charge in [0, 0.05) is 18.0 Å². The van der Waals surface area contributed by atoms with Crippen LogP contribution in [0.3, 0.4) is 0 Å². The first-order chi connectivity index (χ1) is 8.84. The second kappa shape index (κ2) is 3.99. The van der Waals surface area contributed by atoms with E-state index in [1.54, 1.807) is 0 Å². The van der Waals surface area contributed by atoms with Gasteiger partial charge in [-0.1, -0.05) is 18.2 Å². The van der Waals surface area contributed by atoms with Crippen molar-refractivity contribution >= 4 is 0 Å². The Hall–Kier alpha value is -1.02. The first-order valence-corrected chi connectivity index (χ1v) is 7.35. The van der Waals surface area contributed by atoms with Crippen molar-refractivity contribution in [2.45, 2.75) is 38.1 Å². The van der Waals surface area contributed by atoms with Crippen molar-refractivity contribution in [3.63, 3.8) is 0 Å². The van der Waals surface area contributed by atoms with Crippen LogP contribution in [0.2, 0.25) is 0 Å². The van der Waals surface area contributed by atoms with E-state index in [-0.39, 0.29) is 6.04 Å². The van der Waals surface area contributed by atoms with E-state index in [2.05, 4.69) is 18.2 Å². The Morgan fingerprint density at radius 2 is 1.83 bits per heavy atom. The highest BCUT2D eigenvalue weighted by atomic mass is 16.5. The van der Waals surface area contributed by atoms with Gasteiger partial charge in [-0.15, -0.1) is 0 Å². The number of nitrogens with two attached hydrogens (primary N) is 1. The third-order valence-electron chi connectivity index (χ3n) is 4.85. The van der Waals surface area contributed by atoms with Crippen molar-refractivity contribution in [2.24, 2.45) is 23.5 Å². The summed E-state index contributed by atoms with van der Waals surface area (Å²) in [4.78, 5) is 0. The SMILES string of the molecule is NC(c1cccc2c1OCC2)C(C1CC1)C1CC1. The largest absolute Gasteiger partial charge is 0.493 e. The summed E-state index contributed by atoms with van der Waals surface area (Å²) in [7, 11) is 0. The van der Waals surface area contributed by atoms with E-state index >= 15 is 0 Å². The summed E-state index contributed by atoms with van der Waals surface area (Å²) in [5.74, 6) is 3.60. The van der Waals surface area contributed by atoms with Crippen molar-refractivity contribution in [1.82, 2.24) is 0 Å². The van der Waals surface area contributed by atoms with E-state index in [1.807, 2.05) is 0 Å². The molecule has 2 fully saturated rings. The molecule has 4 rings (SSSR count). The summed E-state index contributed by atoms with van der Waals surface area (Å²) in [5, 5.41) is 0. The van der Waals surface area contributed by atoms with Crippen LogP contribution < -0.4 is 10.5 Å². The standard InChI is InChI=1S/C16H21NO/c17-15(14(10-4-5-10)11-6-7-11)13-3-1-2-12-8-9-18-16(12)13/h1-3,10-11,14-15H,4-9,17H2. The first kappa shape index (κ1) is 10.9. The predicted molar refractivity (Wildman–Crippen MR) is 71.5 cm³/mol. The van der Waals surface area contributed by atoms with Crippen LogP contribution in [0.15, 0.2) is 18.2 Å². The molecule has 3 aliphatic rings. The monoisotopic (exact) mass is 243 g/mol. The van der Waals surface area contributed by atoms with E-state index in [1.165, 1.54) is 36.8 Å². The lowest BCUT2D eigenvalue weighted by Gasteiger charge is -2.25. The van der Waals surface area contributed by atoms with Crippen molar-refractivity contribution in [2.75, 3.05) is 6.61 Å². The Morgan fingerprint density at radius 3 is 2.50 bits per heavy atom. The topological polar surface area (TPSA) is 35.2 Å². The Morgan fingerprint density at radius 1 is 1.11 bits per heavy atom. The van der Waals surface area contributed by atoms with Crippen LogP contribution in [0.5, 0.6) is 5.75 Å². The molecule has 1 aliphatic heterocycles. The lowest BCUT2D eigenvalue weighted by Crippen LogP contribution is -2.25. The molecule has 2 N–H and O–H groups in total. The zero-order valence-corrected chi connectivity index (χ0v) is 10.8. The smallest absolute Gasteiger partial charge is 0.127 e. The van der Waals surface area contributed by atoms with Crippen molar-refractivity contribution in [3.05, 3.63) is 29.3 Å². The second-order valence-corrected chi connectivity index (χ2v) is 6.21. The van der Waals surface area contributed by atoms with Crippen molar-refractivity contribution in [1.29, 1.82) is 0 Å². The van der Waals surface area contributed by atoms with Crippen molar-refractivity contribution in [3.8, 4) is 5.75 Å². The van der Waals surface area contributed by atoms with Gasteiger partial charge in [-0.25, -0.2) is 0 Å². The summed E-state index contributed by atoms with van der Waals surface area (Å²) < 4.78 is 5.82. The predicted octanol–water partition coefficient (Wildman–Crippen LogP) is 3.06. The second-order valence-electron chi connectivity index (χ2n) is 6.21. The molecule has 2 heteroatoms. The summed E-state index contributed by atoms with van der Waals surface area (Å²) in [6, 6.07) is 6.71. The maximum atomic E-state index is 6.61. The molecule has 2 saturated carbocycles. The molecule has 0 radical (unpaired) electrons. The van der Waals surface area contributed by atoms with E-state index in [0.717, 1.165) is 30.6 Å². The minimum atomic E-state index is 0.193.